The third-order valence-corrected chi connectivity index (χ3v) is 4.99. The van der Waals surface area contributed by atoms with E-state index in [0.717, 1.165) is 15.6 Å². The van der Waals surface area contributed by atoms with E-state index in [4.69, 9.17) is 9.72 Å². The highest BCUT2D eigenvalue weighted by atomic mass is 79.9. The largest absolute Gasteiger partial charge is 0.497 e. The van der Waals surface area contributed by atoms with Gasteiger partial charge >= 0.3 is 0 Å². The molecule has 28 heavy (non-hydrogen) atoms. The smallest absolute Gasteiger partial charge is 0.280 e. The fourth-order valence-electron chi connectivity index (χ4n) is 3.01. The molecule has 0 radical (unpaired) electrons. The molecule has 0 aliphatic rings. The van der Waals surface area contributed by atoms with Crippen LogP contribution >= 0.6 is 15.9 Å². The summed E-state index contributed by atoms with van der Waals surface area (Å²) in [4.78, 5) is 17.9. The van der Waals surface area contributed by atoms with Crippen LogP contribution in [0.3, 0.4) is 0 Å². The van der Waals surface area contributed by atoms with E-state index in [1.807, 2.05) is 66.7 Å². The molecule has 0 atom stereocenters. The van der Waals surface area contributed by atoms with Crippen LogP contribution in [-0.4, -0.2) is 16.8 Å². The highest BCUT2D eigenvalue weighted by Gasteiger charge is 2.13. The van der Waals surface area contributed by atoms with Crippen molar-refractivity contribution in [1.29, 1.82) is 0 Å². The van der Waals surface area contributed by atoms with Gasteiger partial charge in [0.1, 0.15) is 5.75 Å². The molecule has 140 valence electrons. The number of halogens is 1. The molecule has 0 bridgehead atoms. The third-order valence-electron chi connectivity index (χ3n) is 4.46. The lowest BCUT2D eigenvalue weighted by Gasteiger charge is -2.16. The minimum atomic E-state index is -0.138. The fourth-order valence-corrected chi connectivity index (χ4v) is 3.27. The second kappa shape index (κ2) is 7.86. The molecule has 0 aliphatic carbocycles. The van der Waals surface area contributed by atoms with Crippen molar-refractivity contribution in [3.63, 3.8) is 0 Å². The molecular formula is C22H18BrN3O2. The number of ether oxygens (including phenoxy) is 1. The van der Waals surface area contributed by atoms with Crippen LogP contribution in [-0.2, 0) is 6.54 Å². The van der Waals surface area contributed by atoms with Gasteiger partial charge in [0.05, 0.1) is 24.6 Å². The summed E-state index contributed by atoms with van der Waals surface area (Å²) in [6.45, 7) is 0.490. The molecule has 0 saturated heterocycles. The first-order chi connectivity index (χ1) is 13.7. The molecule has 0 unspecified atom stereocenters. The Labute approximate surface area is 170 Å². The Morgan fingerprint density at radius 3 is 2.61 bits per heavy atom. The predicted molar refractivity (Wildman–Crippen MR) is 115 cm³/mol. The summed E-state index contributed by atoms with van der Waals surface area (Å²) < 4.78 is 7.86. The Balaban J connectivity index is 1.83. The number of nitrogens with zero attached hydrogens (tertiary/aromatic N) is 2. The average Bonchev–Trinajstić information content (AvgIpc) is 2.74. The second-order valence-electron chi connectivity index (χ2n) is 6.29. The topological polar surface area (TPSA) is 56.1 Å². The monoisotopic (exact) mass is 435 g/mol. The quantitative estimate of drug-likeness (QED) is 0.498. The lowest BCUT2D eigenvalue weighted by Crippen LogP contribution is -2.31. The second-order valence-corrected chi connectivity index (χ2v) is 7.20. The van der Waals surface area contributed by atoms with Crippen molar-refractivity contribution in [2.45, 2.75) is 6.54 Å². The third kappa shape index (κ3) is 3.64. The lowest BCUT2D eigenvalue weighted by atomic mass is 10.1. The summed E-state index contributed by atoms with van der Waals surface area (Å²) in [6, 6.07) is 22.8. The number of nitrogens with one attached hydrogen (secondary N) is 1. The number of methoxy groups -OCH3 is 1. The van der Waals surface area contributed by atoms with Crippen molar-refractivity contribution in [3.05, 3.63) is 93.2 Å². The summed E-state index contributed by atoms with van der Waals surface area (Å²) in [5, 5.41) is 0.567. The number of hydrogen-bond acceptors (Lipinski definition) is 4. The zero-order chi connectivity index (χ0) is 19.5. The van der Waals surface area contributed by atoms with Crippen molar-refractivity contribution in [2.24, 2.45) is 0 Å². The van der Waals surface area contributed by atoms with Gasteiger partial charge in [0.2, 0.25) is 0 Å². The first kappa shape index (κ1) is 18.3. The van der Waals surface area contributed by atoms with Crippen molar-refractivity contribution in [2.75, 3.05) is 12.5 Å². The van der Waals surface area contributed by atoms with Gasteiger partial charge in [0, 0.05) is 10.0 Å². The van der Waals surface area contributed by atoms with E-state index in [0.29, 0.717) is 29.0 Å². The minimum absolute atomic E-state index is 0.138. The van der Waals surface area contributed by atoms with Crippen LogP contribution in [0.1, 0.15) is 5.56 Å². The zero-order valence-electron chi connectivity index (χ0n) is 15.2. The van der Waals surface area contributed by atoms with Crippen LogP contribution in [0, 0.1) is 0 Å². The van der Waals surface area contributed by atoms with Gasteiger partial charge in [-0.05, 0) is 42.0 Å². The Hall–Kier alpha value is -3.12. The van der Waals surface area contributed by atoms with Crippen LogP contribution in [0.2, 0.25) is 0 Å². The lowest BCUT2D eigenvalue weighted by molar-refractivity contribution is 0.415. The van der Waals surface area contributed by atoms with E-state index in [1.165, 1.54) is 4.68 Å². The van der Waals surface area contributed by atoms with Crippen molar-refractivity contribution < 1.29 is 4.74 Å². The first-order valence-corrected chi connectivity index (χ1v) is 9.59. The summed E-state index contributed by atoms with van der Waals surface area (Å²) in [7, 11) is 1.62. The van der Waals surface area contributed by atoms with Crippen LogP contribution < -0.4 is 15.7 Å². The van der Waals surface area contributed by atoms with E-state index >= 15 is 0 Å². The fraction of sp³-hybridized carbons (Fsp3) is 0.0909. The molecule has 0 fully saturated rings. The summed E-state index contributed by atoms with van der Waals surface area (Å²) in [6.07, 6.45) is 0. The van der Waals surface area contributed by atoms with E-state index in [9.17, 15) is 4.79 Å². The van der Waals surface area contributed by atoms with Gasteiger partial charge in [-0.25, -0.2) is 9.66 Å². The molecule has 0 aliphatic heterocycles. The molecule has 4 rings (SSSR count). The highest BCUT2D eigenvalue weighted by Crippen LogP contribution is 2.23. The van der Waals surface area contributed by atoms with E-state index in [-0.39, 0.29) is 5.56 Å². The maximum atomic E-state index is 13.2. The van der Waals surface area contributed by atoms with Gasteiger partial charge < -0.3 is 10.2 Å². The van der Waals surface area contributed by atoms with Gasteiger partial charge in [-0.1, -0.05) is 52.3 Å². The Bertz CT molecular complexity index is 1190. The van der Waals surface area contributed by atoms with Gasteiger partial charge in [0.15, 0.2) is 5.82 Å². The minimum Gasteiger partial charge on any atom is -0.497 e. The van der Waals surface area contributed by atoms with Crippen LogP contribution in [0.15, 0.2) is 82.1 Å². The Morgan fingerprint density at radius 1 is 1.04 bits per heavy atom. The molecule has 6 heteroatoms. The molecule has 1 aromatic heterocycles. The average molecular weight is 436 g/mol. The zero-order valence-corrected chi connectivity index (χ0v) is 16.8. The number of fused-ring (bicyclic) bond motifs is 1. The van der Waals surface area contributed by atoms with E-state index in [2.05, 4.69) is 21.4 Å². The number of aromatic nitrogens is 2. The normalized spacial score (nSPS) is 10.8. The molecule has 0 amide bonds. The van der Waals surface area contributed by atoms with Crippen molar-refractivity contribution >= 4 is 26.8 Å². The molecule has 0 spiro atoms. The maximum Gasteiger partial charge on any atom is 0.280 e. The van der Waals surface area contributed by atoms with Gasteiger partial charge in [-0.15, -0.1) is 0 Å². The van der Waals surface area contributed by atoms with Crippen molar-refractivity contribution in [1.82, 2.24) is 9.66 Å². The number of benzene rings is 3. The van der Waals surface area contributed by atoms with Gasteiger partial charge in [-0.2, -0.15) is 0 Å². The number of rotatable bonds is 5. The summed E-state index contributed by atoms with van der Waals surface area (Å²) >= 11 is 3.44. The standard InChI is InChI=1S/C22H18BrN3O2/c1-28-18-6-4-5-16(13-18)21-25-20-8-3-2-7-19(20)22(27)26(21)24-14-15-9-11-17(23)12-10-15/h2-13,24H,14H2,1H3. The predicted octanol–water partition coefficient (Wildman–Crippen LogP) is 4.58. The highest BCUT2D eigenvalue weighted by molar-refractivity contribution is 9.10. The molecular weight excluding hydrogens is 418 g/mol. The SMILES string of the molecule is COc1cccc(-c2nc3ccccc3c(=O)n2NCc2ccc(Br)cc2)c1. The molecule has 0 saturated carbocycles. The maximum absolute atomic E-state index is 13.2. The number of para-hydroxylation sites is 1. The van der Waals surface area contributed by atoms with Crippen LogP contribution in [0.25, 0.3) is 22.3 Å². The van der Waals surface area contributed by atoms with Crippen LogP contribution in [0.5, 0.6) is 5.75 Å². The molecule has 4 aromatic rings. The molecule has 3 aromatic carbocycles. The Kier molecular flexibility index (Phi) is 5.12. The van der Waals surface area contributed by atoms with Gasteiger partial charge in [-0.3, -0.25) is 4.79 Å². The number of hydrogen-bond donors (Lipinski definition) is 1. The summed E-state index contributed by atoms with van der Waals surface area (Å²) in [5.41, 5.74) is 5.60. The first-order valence-electron chi connectivity index (χ1n) is 8.80. The van der Waals surface area contributed by atoms with Gasteiger partial charge in [0.25, 0.3) is 5.56 Å². The van der Waals surface area contributed by atoms with Crippen molar-refractivity contribution in [3.8, 4) is 17.1 Å². The van der Waals surface area contributed by atoms with E-state index < -0.39 is 0 Å². The molecule has 1 heterocycles. The summed E-state index contributed by atoms with van der Waals surface area (Å²) in [5.74, 6) is 1.25. The van der Waals surface area contributed by atoms with Crippen LogP contribution in [0.4, 0.5) is 0 Å². The molecule has 5 nitrogen and oxygen atoms in total. The van der Waals surface area contributed by atoms with E-state index in [1.54, 1.807) is 13.2 Å². The Morgan fingerprint density at radius 2 is 1.82 bits per heavy atom. The molecule has 1 N–H and O–H groups in total.